The molecule has 9 aromatic heterocycles. The fourth-order valence-electron chi connectivity index (χ4n) is 18.9. The summed E-state index contributed by atoms with van der Waals surface area (Å²) in [4.78, 5) is 40.9. The molecule has 14 nitrogen and oxygen atoms in total. The Hall–Kier alpha value is -16.6. The Morgan fingerprint density at radius 3 is 1.14 bits per heavy atom. The van der Waals surface area contributed by atoms with E-state index < -0.39 is 0 Å². The number of benzene rings is 16. The molecule has 0 saturated carbocycles. The third kappa shape index (κ3) is 11.0. The van der Waals surface area contributed by atoms with Gasteiger partial charge in [-0.05, 0) is 131 Å². The largest absolute Gasteiger partial charge is 0.455 e. The van der Waals surface area contributed by atoms with Gasteiger partial charge in [-0.25, -0.2) is 39.9 Å². The standard InChI is InChI=1S/C60H38N4O2.C49H29N7O/c1-60(2)49-25-11-9-19-40(49)45-33-47-46-31-37(39-21-13-22-42-41-20-10-12-26-53(41)65-55(39)42)27-29-51(46)64(52(47)34-50(45)60)38-28-30-54-48(32-38)43-23-14-24-44(56(43)66-54)59-62-57(35-15-5-3-6-16-35)61-58(63-59)36-17-7-4-8-18-36;1-4-15-30(16-5-1)45-51-46(31-17-6-2-7-18-31)53-47(52-45)37-24-14-23-34-38-29-33(27-28-41(38)57-44(34)37)56-40-26-13-11-22-36(40)43-49(56)54-48-42(50-43)35-21-10-12-25-39(35)55(48)32-19-8-3-9-20-32/h3-34H,1-2H3;1-29H. The molecule has 0 spiro atoms. The third-order valence-corrected chi connectivity index (χ3v) is 24.6. The molecule has 26 rings (SSSR count). The molecular formula is C109H67N11O3. The normalized spacial score (nSPS) is 12.5. The van der Waals surface area contributed by atoms with Gasteiger partial charge in [0.05, 0.1) is 33.2 Å². The predicted octanol–water partition coefficient (Wildman–Crippen LogP) is 27.5. The van der Waals surface area contributed by atoms with Crippen LogP contribution in [-0.2, 0) is 5.41 Å². The summed E-state index contributed by atoms with van der Waals surface area (Å²) in [7, 11) is 0. The Morgan fingerprint density at radius 1 is 0.211 bits per heavy atom. The summed E-state index contributed by atoms with van der Waals surface area (Å²) in [6.45, 7) is 4.70. The Labute approximate surface area is 702 Å². The van der Waals surface area contributed by atoms with Crippen molar-refractivity contribution in [3.05, 3.63) is 381 Å². The molecule has 9 heterocycles. The summed E-state index contributed by atoms with van der Waals surface area (Å²) in [5.41, 5.74) is 28.1. The van der Waals surface area contributed by atoms with E-state index in [4.69, 9.17) is 53.1 Å². The Morgan fingerprint density at radius 2 is 0.602 bits per heavy atom. The highest BCUT2D eigenvalue weighted by Gasteiger charge is 2.37. The quantitative estimate of drug-likeness (QED) is 0.128. The zero-order valence-electron chi connectivity index (χ0n) is 66.4. The second-order valence-electron chi connectivity index (χ2n) is 32.0. The van der Waals surface area contributed by atoms with Gasteiger partial charge in [0.2, 0.25) is 0 Å². The smallest absolute Gasteiger partial charge is 0.167 e. The SMILES string of the molecule is CC1(C)c2ccccc2-c2cc3c4cc(-c5cccc6c5oc5ccccc56)ccc4n(-c4ccc5oc6c(-c7nc(-c8ccccc8)nc(-c8ccccc8)n7)cccc6c5c4)c3cc21.c1ccc(-c2nc(-c3ccccc3)nc(-c3cccc4c3oc3ccc(-n5c6ccccc6c6nc7c8ccccc8n(-c8ccccc8)c7nc65)cc34)n2)cc1. The van der Waals surface area contributed by atoms with Crippen LogP contribution in [0.1, 0.15) is 25.0 Å². The summed E-state index contributed by atoms with van der Waals surface area (Å²) in [6.07, 6.45) is 0. The van der Waals surface area contributed by atoms with Gasteiger partial charge in [0.15, 0.2) is 46.2 Å². The van der Waals surface area contributed by atoms with Crippen LogP contribution >= 0.6 is 0 Å². The molecular weight excluding hydrogens is 1510 g/mol. The van der Waals surface area contributed by atoms with E-state index in [1.807, 2.05) is 164 Å². The van der Waals surface area contributed by atoms with Crippen LogP contribution in [0.3, 0.4) is 0 Å². The topological polar surface area (TPSA) is 157 Å². The molecule has 576 valence electrons. The first kappa shape index (κ1) is 69.5. The molecule has 1 aliphatic carbocycles. The molecule has 0 unspecified atom stereocenters. The summed E-state index contributed by atoms with van der Waals surface area (Å²) in [6, 6.07) is 128. The maximum absolute atomic E-state index is 6.80. The van der Waals surface area contributed by atoms with Crippen molar-refractivity contribution >= 4 is 132 Å². The Kier molecular flexibility index (Phi) is 15.4. The van der Waals surface area contributed by atoms with Crippen molar-refractivity contribution in [2.45, 2.75) is 19.3 Å². The summed E-state index contributed by atoms with van der Waals surface area (Å²) >= 11 is 0. The van der Waals surface area contributed by atoms with E-state index >= 15 is 0 Å². The molecule has 1 aliphatic rings. The van der Waals surface area contributed by atoms with Gasteiger partial charge in [-0.2, -0.15) is 0 Å². The first-order valence-corrected chi connectivity index (χ1v) is 41.3. The fourth-order valence-corrected chi connectivity index (χ4v) is 18.9. The van der Waals surface area contributed by atoms with Crippen LogP contribution in [0.25, 0.3) is 239 Å². The number of aromatic nitrogens is 11. The third-order valence-electron chi connectivity index (χ3n) is 24.6. The van der Waals surface area contributed by atoms with Gasteiger partial charge in [-0.15, -0.1) is 0 Å². The van der Waals surface area contributed by atoms with Crippen molar-refractivity contribution in [2.75, 3.05) is 0 Å². The van der Waals surface area contributed by atoms with Crippen molar-refractivity contribution in [3.8, 4) is 108 Å². The molecule has 123 heavy (non-hydrogen) atoms. The summed E-state index contributed by atoms with van der Waals surface area (Å²) in [5, 5.41) is 10.7. The maximum Gasteiger partial charge on any atom is 0.167 e. The van der Waals surface area contributed by atoms with Crippen LogP contribution in [-0.4, -0.2) is 53.6 Å². The van der Waals surface area contributed by atoms with E-state index in [0.29, 0.717) is 40.5 Å². The molecule has 0 radical (unpaired) electrons. The van der Waals surface area contributed by atoms with Crippen LogP contribution < -0.4 is 0 Å². The van der Waals surface area contributed by atoms with Crippen molar-refractivity contribution in [1.29, 1.82) is 0 Å². The molecule has 0 amide bonds. The highest BCUT2D eigenvalue weighted by Crippen LogP contribution is 2.53. The Balaban J connectivity index is 0.000000137. The first-order valence-electron chi connectivity index (χ1n) is 41.3. The van der Waals surface area contributed by atoms with Gasteiger partial charge in [-0.3, -0.25) is 9.13 Å². The molecule has 0 aliphatic heterocycles. The van der Waals surface area contributed by atoms with Gasteiger partial charge in [-0.1, -0.05) is 281 Å². The van der Waals surface area contributed by atoms with Crippen molar-refractivity contribution in [1.82, 2.24) is 53.6 Å². The van der Waals surface area contributed by atoms with Crippen molar-refractivity contribution in [2.24, 2.45) is 0 Å². The number of furan rings is 3. The molecule has 25 aromatic rings. The molecule has 0 saturated heterocycles. The zero-order valence-corrected chi connectivity index (χ0v) is 66.4. The van der Waals surface area contributed by atoms with Crippen LogP contribution in [0.2, 0.25) is 0 Å². The van der Waals surface area contributed by atoms with Gasteiger partial charge in [0.1, 0.15) is 44.5 Å². The summed E-state index contributed by atoms with van der Waals surface area (Å²) in [5.74, 6) is 3.52. The average Bonchev–Trinajstić information content (AvgIpc) is 1.55. The lowest BCUT2D eigenvalue weighted by molar-refractivity contribution is 0.661. The molecule has 0 bridgehead atoms. The zero-order chi connectivity index (χ0) is 81.1. The van der Waals surface area contributed by atoms with Crippen LogP contribution in [0.4, 0.5) is 0 Å². The average molecular weight is 1580 g/mol. The van der Waals surface area contributed by atoms with Crippen LogP contribution in [0.15, 0.2) is 383 Å². The van der Waals surface area contributed by atoms with Gasteiger partial charge < -0.3 is 17.8 Å². The number of para-hydroxylation sites is 7. The Bertz CT molecular complexity index is 8550. The minimum absolute atomic E-state index is 0.166. The fraction of sp³-hybridized carbons (Fsp3) is 0.0275. The molecule has 16 aromatic carbocycles. The van der Waals surface area contributed by atoms with Crippen molar-refractivity contribution in [3.63, 3.8) is 0 Å². The monoisotopic (exact) mass is 1580 g/mol. The second-order valence-corrected chi connectivity index (χ2v) is 32.0. The number of hydrogen-bond acceptors (Lipinski definition) is 11. The number of hydrogen-bond donors (Lipinski definition) is 0. The van der Waals surface area contributed by atoms with Crippen LogP contribution in [0, 0.1) is 0 Å². The molecule has 0 N–H and O–H groups in total. The lowest BCUT2D eigenvalue weighted by atomic mass is 9.82. The van der Waals surface area contributed by atoms with E-state index in [2.05, 4.69) is 234 Å². The predicted molar refractivity (Wildman–Crippen MR) is 496 cm³/mol. The van der Waals surface area contributed by atoms with Crippen LogP contribution in [0.5, 0.6) is 0 Å². The van der Waals surface area contributed by atoms with E-state index in [1.54, 1.807) is 0 Å². The lowest BCUT2D eigenvalue weighted by Crippen LogP contribution is -2.14. The number of nitrogens with zero attached hydrogens (tertiary/aromatic N) is 11. The van der Waals surface area contributed by atoms with E-state index in [-0.39, 0.29) is 5.41 Å². The first-order chi connectivity index (χ1) is 60.7. The highest BCUT2D eigenvalue weighted by molar-refractivity contribution is 6.18. The lowest BCUT2D eigenvalue weighted by Gasteiger charge is -2.21. The van der Waals surface area contributed by atoms with Crippen molar-refractivity contribution < 1.29 is 13.3 Å². The summed E-state index contributed by atoms with van der Waals surface area (Å²) < 4.78 is 26.9. The molecule has 0 fully saturated rings. The van der Waals surface area contributed by atoms with Gasteiger partial charge in [0.25, 0.3) is 0 Å². The van der Waals surface area contributed by atoms with E-state index in [9.17, 15) is 0 Å². The van der Waals surface area contributed by atoms with Gasteiger partial charge in [0, 0.05) is 104 Å². The second kappa shape index (κ2) is 27.2. The van der Waals surface area contributed by atoms with E-state index in [0.717, 1.165) is 177 Å². The molecule has 0 atom stereocenters. The maximum atomic E-state index is 6.80. The number of fused-ring (bicyclic) bond motifs is 21. The minimum Gasteiger partial charge on any atom is -0.455 e. The highest BCUT2D eigenvalue weighted by atomic mass is 16.3. The minimum atomic E-state index is -0.166. The molecule has 14 heteroatoms. The van der Waals surface area contributed by atoms with Gasteiger partial charge >= 0.3 is 0 Å². The van der Waals surface area contributed by atoms with E-state index in [1.165, 1.54) is 33.0 Å². The number of rotatable bonds is 10.